The molecule has 86 heavy (non-hydrogen) atoms. The van der Waals surface area contributed by atoms with Crippen molar-refractivity contribution in [2.75, 3.05) is 13.2 Å². The Morgan fingerprint density at radius 3 is 1.07 bits per heavy atom. The van der Waals surface area contributed by atoms with Crippen molar-refractivity contribution in [2.45, 2.75) is 384 Å². The summed E-state index contributed by atoms with van der Waals surface area (Å²) in [4.78, 5) is 13.2. The van der Waals surface area contributed by atoms with Gasteiger partial charge in [0.15, 0.2) is 6.29 Å². The van der Waals surface area contributed by atoms with Crippen molar-refractivity contribution in [3.8, 4) is 0 Å². The van der Waals surface area contributed by atoms with Gasteiger partial charge in [-0.25, -0.2) is 0 Å². The molecular weight excluding hydrogens is 1070 g/mol. The van der Waals surface area contributed by atoms with E-state index in [0.29, 0.717) is 12.8 Å². The molecule has 1 amide bonds. The Morgan fingerprint density at radius 1 is 0.407 bits per heavy atom. The maximum Gasteiger partial charge on any atom is 0.220 e. The fourth-order valence-corrected chi connectivity index (χ4v) is 11.6. The first-order valence-corrected chi connectivity index (χ1v) is 36.8. The Morgan fingerprint density at radius 2 is 0.721 bits per heavy atom. The summed E-state index contributed by atoms with van der Waals surface area (Å²) in [5.41, 5.74) is 0. The smallest absolute Gasteiger partial charge is 0.220 e. The van der Waals surface area contributed by atoms with Crippen LogP contribution < -0.4 is 5.32 Å². The van der Waals surface area contributed by atoms with Gasteiger partial charge < -0.3 is 40.3 Å². The highest BCUT2D eigenvalue weighted by Crippen LogP contribution is 2.24. The second kappa shape index (κ2) is 65.3. The first-order valence-electron chi connectivity index (χ1n) is 36.8. The summed E-state index contributed by atoms with van der Waals surface area (Å²) in [5, 5.41) is 55.0. The van der Waals surface area contributed by atoms with Gasteiger partial charge in [0.2, 0.25) is 5.91 Å². The number of carbonyl (C=O) groups excluding carboxylic acids is 1. The predicted molar refractivity (Wildman–Crippen MR) is 368 cm³/mol. The van der Waals surface area contributed by atoms with Crippen LogP contribution in [0.5, 0.6) is 0 Å². The SMILES string of the molecule is CC/C=C\C/C=C\C/C=C\C/C=C\C/C=C\C/C=C\C/C=C\CCCCCCCCCCCCCCCCCC(=O)NC(COC1OC(CO)C(O)C(O)C1O)C(O)CCCCCCCCCCCCCCCCCCCCCCCCCCCC. The van der Waals surface area contributed by atoms with Gasteiger partial charge in [0.25, 0.3) is 0 Å². The molecule has 0 aromatic rings. The molecule has 0 aromatic heterocycles. The summed E-state index contributed by atoms with van der Waals surface area (Å²) in [6.07, 6.45) is 86.5. The molecule has 1 rings (SSSR count). The maximum absolute atomic E-state index is 13.2. The van der Waals surface area contributed by atoms with E-state index in [-0.39, 0.29) is 12.5 Å². The molecule has 1 fully saturated rings. The van der Waals surface area contributed by atoms with Gasteiger partial charge in [0, 0.05) is 6.42 Å². The number of carbonyl (C=O) groups is 1. The second-order valence-electron chi connectivity index (χ2n) is 25.4. The van der Waals surface area contributed by atoms with Gasteiger partial charge in [-0.15, -0.1) is 0 Å². The molecule has 6 N–H and O–H groups in total. The number of amides is 1. The number of nitrogens with one attached hydrogen (secondary N) is 1. The van der Waals surface area contributed by atoms with E-state index in [4.69, 9.17) is 9.47 Å². The molecule has 0 spiro atoms. The number of rotatable bonds is 64. The number of aliphatic hydroxyl groups is 5. The van der Waals surface area contributed by atoms with E-state index in [2.05, 4.69) is 104 Å². The Hall–Kier alpha value is -2.63. The van der Waals surface area contributed by atoms with E-state index < -0.39 is 49.5 Å². The Balaban J connectivity index is 2.10. The average molecular weight is 1210 g/mol. The van der Waals surface area contributed by atoms with E-state index in [1.807, 2.05) is 0 Å². The van der Waals surface area contributed by atoms with Crippen LogP contribution in [0.3, 0.4) is 0 Å². The predicted octanol–water partition coefficient (Wildman–Crippen LogP) is 20.5. The highest BCUT2D eigenvalue weighted by atomic mass is 16.7. The van der Waals surface area contributed by atoms with E-state index in [1.165, 1.54) is 231 Å². The van der Waals surface area contributed by atoms with E-state index in [1.54, 1.807) is 0 Å². The highest BCUT2D eigenvalue weighted by Gasteiger charge is 2.44. The van der Waals surface area contributed by atoms with Crippen LogP contribution in [0.15, 0.2) is 85.1 Å². The summed E-state index contributed by atoms with van der Waals surface area (Å²) in [6.45, 7) is 3.77. The van der Waals surface area contributed by atoms with E-state index >= 15 is 0 Å². The fourth-order valence-electron chi connectivity index (χ4n) is 11.6. The van der Waals surface area contributed by atoms with Crippen molar-refractivity contribution in [3.05, 3.63) is 85.1 Å². The van der Waals surface area contributed by atoms with Gasteiger partial charge in [-0.2, -0.15) is 0 Å². The summed E-state index contributed by atoms with van der Waals surface area (Å²) in [6, 6.07) is -0.724. The molecule has 0 radical (unpaired) electrons. The standard InChI is InChI=1S/C77H139NO8/c1-3-5-7-9-11-13-15-17-19-21-23-25-27-29-31-32-33-34-35-36-37-38-39-40-41-43-45-47-49-51-53-55-57-59-61-63-65-67-73(81)78-70(69-85-77-76(84)75(83)74(82)72(68-79)86-77)71(80)66-64-62-60-58-56-54-52-50-48-46-44-42-30-28-26-24-22-20-18-16-14-12-10-8-6-4-2/h5,7,11,13,17,19,23,25,29,31,33-34,36-37,70-72,74-77,79-80,82-84H,3-4,6,8-10,12,14-16,18,20-22,24,26-28,30,32,35,38-69H2,1-2H3,(H,78,81)/b7-5-,13-11-,19-17-,25-23-,31-29-,34-33-,37-36-. The van der Waals surface area contributed by atoms with Gasteiger partial charge in [-0.1, -0.05) is 349 Å². The third-order valence-electron chi connectivity index (χ3n) is 17.3. The third kappa shape index (κ3) is 53.2. The van der Waals surface area contributed by atoms with Gasteiger partial charge in [0.1, 0.15) is 24.4 Å². The molecule has 0 aliphatic carbocycles. The largest absolute Gasteiger partial charge is 0.394 e. The molecule has 9 heteroatoms. The lowest BCUT2D eigenvalue weighted by Gasteiger charge is -2.40. The average Bonchev–Trinajstić information content (AvgIpc) is 2.44. The van der Waals surface area contributed by atoms with Crippen LogP contribution in [0, 0.1) is 0 Å². The fraction of sp³-hybridized carbons (Fsp3) is 0.805. The summed E-state index contributed by atoms with van der Waals surface area (Å²) < 4.78 is 11.4. The number of ether oxygens (including phenoxy) is 2. The van der Waals surface area contributed by atoms with Crippen LogP contribution in [0.4, 0.5) is 0 Å². The number of hydrogen-bond donors (Lipinski definition) is 6. The van der Waals surface area contributed by atoms with Crippen LogP contribution in [-0.2, 0) is 14.3 Å². The summed E-state index contributed by atoms with van der Waals surface area (Å²) >= 11 is 0. The molecule has 7 atom stereocenters. The highest BCUT2D eigenvalue weighted by molar-refractivity contribution is 5.76. The molecule has 7 unspecified atom stereocenters. The minimum Gasteiger partial charge on any atom is -0.394 e. The molecule has 500 valence electrons. The Kier molecular flexibility index (Phi) is 61.8. The maximum atomic E-state index is 13.2. The number of unbranched alkanes of at least 4 members (excludes halogenated alkanes) is 40. The van der Waals surface area contributed by atoms with Crippen molar-refractivity contribution < 1.29 is 39.8 Å². The topological polar surface area (TPSA) is 149 Å². The monoisotopic (exact) mass is 1210 g/mol. The number of allylic oxidation sites excluding steroid dienone is 14. The van der Waals surface area contributed by atoms with Crippen LogP contribution in [0.25, 0.3) is 0 Å². The molecule has 0 saturated carbocycles. The van der Waals surface area contributed by atoms with E-state index in [0.717, 1.165) is 83.5 Å². The molecule has 0 bridgehead atoms. The molecule has 1 saturated heterocycles. The van der Waals surface area contributed by atoms with Crippen molar-refractivity contribution >= 4 is 5.91 Å². The van der Waals surface area contributed by atoms with Crippen molar-refractivity contribution in [1.29, 1.82) is 0 Å². The lowest BCUT2D eigenvalue weighted by atomic mass is 9.99. The van der Waals surface area contributed by atoms with Gasteiger partial charge in [-0.3, -0.25) is 4.79 Å². The molecule has 1 aliphatic rings. The quantitative estimate of drug-likeness (QED) is 0.0261. The zero-order valence-corrected chi connectivity index (χ0v) is 56.1. The minimum atomic E-state index is -1.56. The van der Waals surface area contributed by atoms with Crippen molar-refractivity contribution in [3.63, 3.8) is 0 Å². The molecule has 1 aliphatic heterocycles. The Labute approximate surface area is 531 Å². The zero-order chi connectivity index (χ0) is 62.1. The summed E-state index contributed by atoms with van der Waals surface area (Å²) in [7, 11) is 0. The first kappa shape index (κ1) is 81.4. The van der Waals surface area contributed by atoms with Gasteiger partial charge in [-0.05, 0) is 70.6 Å². The number of hydrogen-bond acceptors (Lipinski definition) is 8. The molecule has 9 nitrogen and oxygen atoms in total. The second-order valence-corrected chi connectivity index (χ2v) is 25.4. The Bertz CT molecular complexity index is 1640. The van der Waals surface area contributed by atoms with Crippen LogP contribution in [0.2, 0.25) is 0 Å². The van der Waals surface area contributed by atoms with E-state index in [9.17, 15) is 30.3 Å². The molecular formula is C77H139NO8. The number of aliphatic hydroxyl groups excluding tert-OH is 5. The minimum absolute atomic E-state index is 0.138. The van der Waals surface area contributed by atoms with Gasteiger partial charge in [0.05, 0.1) is 25.4 Å². The van der Waals surface area contributed by atoms with Gasteiger partial charge >= 0.3 is 0 Å². The summed E-state index contributed by atoms with van der Waals surface area (Å²) in [5.74, 6) is -0.142. The van der Waals surface area contributed by atoms with Crippen LogP contribution in [0.1, 0.15) is 341 Å². The van der Waals surface area contributed by atoms with Crippen molar-refractivity contribution in [1.82, 2.24) is 5.32 Å². The van der Waals surface area contributed by atoms with Crippen molar-refractivity contribution in [2.24, 2.45) is 0 Å². The normalized spacial score (nSPS) is 18.5. The van der Waals surface area contributed by atoms with Crippen LogP contribution in [-0.4, -0.2) is 87.5 Å². The molecule has 0 aromatic carbocycles. The van der Waals surface area contributed by atoms with Crippen LogP contribution >= 0.6 is 0 Å². The lowest BCUT2D eigenvalue weighted by molar-refractivity contribution is -0.302. The zero-order valence-electron chi connectivity index (χ0n) is 56.1. The first-order chi connectivity index (χ1) is 42.3. The molecule has 1 heterocycles. The third-order valence-corrected chi connectivity index (χ3v) is 17.3. The lowest BCUT2D eigenvalue weighted by Crippen LogP contribution is -2.60.